The van der Waals surface area contributed by atoms with Crippen LogP contribution in [0.4, 0.5) is 11.4 Å². The molecule has 0 unspecified atom stereocenters. The number of hydrogen-bond acceptors (Lipinski definition) is 2. The van der Waals surface area contributed by atoms with Crippen molar-refractivity contribution in [3.63, 3.8) is 0 Å². The molecular formula is C18H20Cl2N3O2+. The molecule has 0 aliphatic carbocycles. The van der Waals surface area contributed by atoms with Crippen LogP contribution in [0.25, 0.3) is 0 Å². The SMILES string of the molecule is CC(=O)Nc1ccc(NC(=O)C[NH2+][C@H](C)c2ccc(Cl)cc2Cl)cc1. The molecule has 132 valence electrons. The Labute approximate surface area is 156 Å². The van der Waals surface area contributed by atoms with Gasteiger partial charge in [0, 0.05) is 28.9 Å². The van der Waals surface area contributed by atoms with Crippen molar-refractivity contribution in [2.24, 2.45) is 0 Å². The van der Waals surface area contributed by atoms with Crippen LogP contribution in [0.3, 0.4) is 0 Å². The van der Waals surface area contributed by atoms with E-state index in [9.17, 15) is 9.59 Å². The van der Waals surface area contributed by atoms with Crippen LogP contribution in [0, 0.1) is 0 Å². The minimum atomic E-state index is -0.138. The lowest BCUT2D eigenvalue weighted by Gasteiger charge is -2.13. The average molecular weight is 381 g/mol. The molecule has 2 aromatic carbocycles. The molecule has 2 rings (SSSR count). The van der Waals surface area contributed by atoms with E-state index in [1.165, 1.54) is 6.92 Å². The second-order valence-corrected chi connectivity index (χ2v) is 6.54. The highest BCUT2D eigenvalue weighted by molar-refractivity contribution is 6.35. The third kappa shape index (κ3) is 6.05. The summed E-state index contributed by atoms with van der Waals surface area (Å²) in [7, 11) is 0. The van der Waals surface area contributed by atoms with Crippen LogP contribution < -0.4 is 16.0 Å². The molecule has 0 aliphatic heterocycles. The molecule has 0 spiro atoms. The molecular weight excluding hydrogens is 361 g/mol. The fourth-order valence-electron chi connectivity index (χ4n) is 2.33. The lowest BCUT2D eigenvalue weighted by Crippen LogP contribution is -2.86. The predicted octanol–water partition coefficient (Wildman–Crippen LogP) is 3.21. The van der Waals surface area contributed by atoms with Crippen molar-refractivity contribution in [3.05, 3.63) is 58.1 Å². The Morgan fingerprint density at radius 2 is 1.64 bits per heavy atom. The number of nitrogens with two attached hydrogens (primary N) is 1. The zero-order chi connectivity index (χ0) is 18.4. The van der Waals surface area contributed by atoms with E-state index in [0.29, 0.717) is 21.4 Å². The van der Waals surface area contributed by atoms with Gasteiger partial charge < -0.3 is 16.0 Å². The summed E-state index contributed by atoms with van der Waals surface area (Å²) in [6.07, 6.45) is 0. The van der Waals surface area contributed by atoms with Crippen molar-refractivity contribution >= 4 is 46.4 Å². The third-order valence-electron chi connectivity index (χ3n) is 3.60. The van der Waals surface area contributed by atoms with Crippen LogP contribution >= 0.6 is 23.2 Å². The van der Waals surface area contributed by atoms with Crippen molar-refractivity contribution in [3.8, 4) is 0 Å². The van der Waals surface area contributed by atoms with Gasteiger partial charge in [0.1, 0.15) is 6.04 Å². The molecule has 0 aliphatic rings. The molecule has 4 N–H and O–H groups in total. The molecule has 2 aromatic rings. The summed E-state index contributed by atoms with van der Waals surface area (Å²) >= 11 is 12.1. The lowest BCUT2D eigenvalue weighted by molar-refractivity contribution is -0.682. The molecule has 5 nitrogen and oxygen atoms in total. The molecule has 0 bridgehead atoms. The van der Waals surface area contributed by atoms with E-state index in [0.717, 1.165) is 5.56 Å². The monoisotopic (exact) mass is 380 g/mol. The first-order chi connectivity index (χ1) is 11.8. The van der Waals surface area contributed by atoms with Gasteiger partial charge in [-0.05, 0) is 43.3 Å². The van der Waals surface area contributed by atoms with Gasteiger partial charge in [-0.2, -0.15) is 0 Å². The van der Waals surface area contributed by atoms with Crippen LogP contribution in [-0.2, 0) is 9.59 Å². The minimum Gasteiger partial charge on any atom is -0.332 e. The Bertz CT molecular complexity index is 763. The van der Waals surface area contributed by atoms with Crippen molar-refractivity contribution in [2.75, 3.05) is 17.2 Å². The van der Waals surface area contributed by atoms with Gasteiger partial charge in [0.25, 0.3) is 5.91 Å². The molecule has 0 radical (unpaired) electrons. The van der Waals surface area contributed by atoms with E-state index < -0.39 is 0 Å². The summed E-state index contributed by atoms with van der Waals surface area (Å²) < 4.78 is 0. The van der Waals surface area contributed by atoms with Gasteiger partial charge in [-0.15, -0.1) is 0 Å². The summed E-state index contributed by atoms with van der Waals surface area (Å²) in [6.45, 7) is 3.68. The quantitative estimate of drug-likeness (QED) is 0.719. The first-order valence-electron chi connectivity index (χ1n) is 7.81. The molecule has 0 heterocycles. The molecule has 2 amide bonds. The second-order valence-electron chi connectivity index (χ2n) is 5.70. The van der Waals surface area contributed by atoms with E-state index in [1.54, 1.807) is 36.4 Å². The maximum Gasteiger partial charge on any atom is 0.279 e. The van der Waals surface area contributed by atoms with Gasteiger partial charge in [0.15, 0.2) is 6.54 Å². The first kappa shape index (κ1) is 19.2. The third-order valence-corrected chi connectivity index (χ3v) is 4.16. The Hall–Kier alpha value is -2.08. The zero-order valence-electron chi connectivity index (χ0n) is 14.0. The van der Waals surface area contributed by atoms with Gasteiger partial charge >= 0.3 is 0 Å². The summed E-state index contributed by atoms with van der Waals surface area (Å²) in [6, 6.07) is 12.3. The Morgan fingerprint density at radius 3 is 2.20 bits per heavy atom. The van der Waals surface area contributed by atoms with Gasteiger partial charge in [0.05, 0.1) is 5.02 Å². The van der Waals surface area contributed by atoms with Crippen LogP contribution in [-0.4, -0.2) is 18.4 Å². The number of hydrogen-bond donors (Lipinski definition) is 3. The van der Waals surface area contributed by atoms with E-state index >= 15 is 0 Å². The van der Waals surface area contributed by atoms with Crippen molar-refractivity contribution in [1.29, 1.82) is 0 Å². The predicted molar refractivity (Wildman–Crippen MR) is 101 cm³/mol. The van der Waals surface area contributed by atoms with Crippen LogP contribution in [0.1, 0.15) is 25.5 Å². The van der Waals surface area contributed by atoms with E-state index in [4.69, 9.17) is 23.2 Å². The van der Waals surface area contributed by atoms with Crippen LogP contribution in [0.5, 0.6) is 0 Å². The van der Waals surface area contributed by atoms with E-state index in [-0.39, 0.29) is 24.4 Å². The van der Waals surface area contributed by atoms with Crippen molar-refractivity contribution in [2.45, 2.75) is 19.9 Å². The molecule has 1 atom stereocenters. The highest BCUT2D eigenvalue weighted by Crippen LogP contribution is 2.24. The lowest BCUT2D eigenvalue weighted by atomic mass is 10.1. The largest absolute Gasteiger partial charge is 0.332 e. The fourth-order valence-corrected chi connectivity index (χ4v) is 2.91. The summed E-state index contributed by atoms with van der Waals surface area (Å²) in [5.41, 5.74) is 2.28. The topological polar surface area (TPSA) is 74.8 Å². The minimum absolute atomic E-state index is 0.0256. The smallest absolute Gasteiger partial charge is 0.279 e. The van der Waals surface area contributed by atoms with Crippen molar-refractivity contribution in [1.82, 2.24) is 0 Å². The number of anilines is 2. The highest BCUT2D eigenvalue weighted by Gasteiger charge is 2.15. The molecule has 0 saturated heterocycles. The Kier molecular flexibility index (Phi) is 6.82. The van der Waals surface area contributed by atoms with Gasteiger partial charge in [-0.1, -0.05) is 29.3 Å². The Balaban J connectivity index is 1.86. The maximum absolute atomic E-state index is 12.1. The average Bonchev–Trinajstić information content (AvgIpc) is 2.54. The standard InChI is InChI=1S/C18H19Cl2N3O2/c1-11(16-8-3-13(19)9-17(16)20)21-10-18(25)23-15-6-4-14(5-7-15)22-12(2)24/h3-9,11,21H,10H2,1-2H3,(H,22,24)(H,23,25)/p+1/t11-/m1/s1. The van der Waals surface area contributed by atoms with Gasteiger partial charge in [0.2, 0.25) is 5.91 Å². The first-order valence-corrected chi connectivity index (χ1v) is 8.56. The Morgan fingerprint density at radius 1 is 1.04 bits per heavy atom. The fraction of sp³-hybridized carbons (Fsp3) is 0.222. The number of carbonyl (C=O) groups excluding carboxylic acids is 2. The number of carbonyl (C=O) groups is 2. The number of benzene rings is 2. The number of halogens is 2. The summed E-state index contributed by atoms with van der Waals surface area (Å²) in [5, 5.41) is 8.56. The number of amides is 2. The molecule has 25 heavy (non-hydrogen) atoms. The maximum atomic E-state index is 12.1. The molecule has 0 aromatic heterocycles. The highest BCUT2D eigenvalue weighted by atomic mass is 35.5. The number of quaternary nitrogens is 1. The summed E-state index contributed by atoms with van der Waals surface area (Å²) in [4.78, 5) is 23.1. The van der Waals surface area contributed by atoms with E-state index in [1.807, 2.05) is 18.3 Å². The number of nitrogens with one attached hydrogen (secondary N) is 2. The van der Waals surface area contributed by atoms with Crippen molar-refractivity contribution < 1.29 is 14.9 Å². The normalized spacial score (nSPS) is 11.7. The molecule has 0 fully saturated rings. The van der Waals surface area contributed by atoms with E-state index in [2.05, 4.69) is 10.6 Å². The number of rotatable bonds is 6. The van der Waals surface area contributed by atoms with Gasteiger partial charge in [-0.3, -0.25) is 9.59 Å². The molecule has 7 heteroatoms. The van der Waals surface area contributed by atoms with Crippen LogP contribution in [0.2, 0.25) is 10.0 Å². The summed E-state index contributed by atoms with van der Waals surface area (Å²) in [5.74, 6) is -0.259. The second kappa shape index (κ2) is 8.85. The van der Waals surface area contributed by atoms with Gasteiger partial charge in [-0.25, -0.2) is 0 Å². The zero-order valence-corrected chi connectivity index (χ0v) is 15.5. The molecule has 0 saturated carbocycles. The van der Waals surface area contributed by atoms with Crippen LogP contribution in [0.15, 0.2) is 42.5 Å².